The van der Waals surface area contributed by atoms with Gasteiger partial charge in [-0.05, 0) is 29.0 Å². The monoisotopic (exact) mass is 416 g/mol. The number of allylic oxidation sites excluding steroid dienone is 3. The number of halogens is 1. The van der Waals surface area contributed by atoms with Crippen LogP contribution in [-0.4, -0.2) is 39.3 Å². The molecule has 2 aliphatic rings. The van der Waals surface area contributed by atoms with Crippen molar-refractivity contribution in [2.24, 2.45) is 0 Å². The van der Waals surface area contributed by atoms with Gasteiger partial charge in [0.1, 0.15) is 0 Å². The predicted octanol–water partition coefficient (Wildman–Crippen LogP) is 5.57. The molecule has 0 aromatic heterocycles. The summed E-state index contributed by atoms with van der Waals surface area (Å²) in [5.74, 6) is 0. The molecule has 3 nitrogen and oxygen atoms in total. The van der Waals surface area contributed by atoms with Gasteiger partial charge < -0.3 is 13.9 Å². The number of hydrogen-bond acceptors (Lipinski definition) is 3. The highest BCUT2D eigenvalue weighted by Gasteiger charge is 2.44. The molecule has 0 N–H and O–H groups in total. The zero-order valence-electron chi connectivity index (χ0n) is 16.0. The molecular weight excluding hydrogens is 384 g/mol. The number of fused-ring (bicyclic) bond motifs is 1. The Morgan fingerprint density at radius 2 is 1.88 bits per heavy atom. The van der Waals surface area contributed by atoms with Crippen molar-refractivity contribution in [3.05, 3.63) is 22.7 Å². The Hall–Kier alpha value is 0.0569. The summed E-state index contributed by atoms with van der Waals surface area (Å²) in [6.45, 7) is 14.2. The lowest BCUT2D eigenvalue weighted by Gasteiger charge is -2.36. The topological polar surface area (TPSA) is 27.7 Å². The average Bonchev–Trinajstić information content (AvgIpc) is 3.01. The van der Waals surface area contributed by atoms with Gasteiger partial charge in [0.25, 0.3) is 0 Å². The summed E-state index contributed by atoms with van der Waals surface area (Å²) in [5, 5.41) is 0.244. The van der Waals surface area contributed by atoms with Gasteiger partial charge in [0.2, 0.25) is 0 Å². The van der Waals surface area contributed by atoms with Gasteiger partial charge in [0.05, 0.1) is 31.0 Å². The first-order chi connectivity index (χ1) is 11.1. The lowest BCUT2D eigenvalue weighted by molar-refractivity contribution is 0.0133. The minimum absolute atomic E-state index is 0.177. The number of rotatable bonds is 6. The van der Waals surface area contributed by atoms with Gasteiger partial charge in [-0.2, -0.15) is 0 Å². The van der Waals surface area contributed by atoms with E-state index < -0.39 is 8.32 Å². The van der Waals surface area contributed by atoms with Gasteiger partial charge in [-0.25, -0.2) is 0 Å². The summed E-state index contributed by atoms with van der Waals surface area (Å²) in [7, 11) is -1.70. The molecule has 0 radical (unpaired) electrons. The molecule has 2 heterocycles. The standard InChI is InChI=1S/C19H33BrO3Si/c1-7-14(20)9-8-10-15-11-17-18(22-15)12-16(23-17)13-21-24(5,6)19(2,3)4/h8-10,15-18H,7,11-13H2,1-6H3/b10-8+,14-9+/t15-,16+,17-,18-/m0/s1. The van der Waals surface area contributed by atoms with Crippen molar-refractivity contribution in [3.8, 4) is 0 Å². The Bertz CT molecular complexity index is 467. The van der Waals surface area contributed by atoms with Crippen LogP contribution in [0.3, 0.4) is 0 Å². The van der Waals surface area contributed by atoms with E-state index in [1.54, 1.807) is 0 Å². The van der Waals surface area contributed by atoms with Gasteiger partial charge >= 0.3 is 0 Å². The molecule has 24 heavy (non-hydrogen) atoms. The van der Waals surface area contributed by atoms with Gasteiger partial charge in [0, 0.05) is 12.8 Å². The summed E-state index contributed by atoms with van der Waals surface area (Å²) in [5.41, 5.74) is 0. The van der Waals surface area contributed by atoms with Crippen molar-refractivity contribution < 1.29 is 13.9 Å². The molecule has 0 bridgehead atoms. The van der Waals surface area contributed by atoms with Crippen molar-refractivity contribution >= 4 is 24.2 Å². The molecule has 0 amide bonds. The molecule has 5 heteroatoms. The van der Waals surface area contributed by atoms with Crippen LogP contribution in [-0.2, 0) is 13.9 Å². The van der Waals surface area contributed by atoms with Crippen molar-refractivity contribution in [2.45, 2.75) is 89.5 Å². The van der Waals surface area contributed by atoms with E-state index >= 15 is 0 Å². The second kappa shape index (κ2) is 8.17. The number of ether oxygens (including phenoxy) is 2. The number of hydrogen-bond donors (Lipinski definition) is 0. The quantitative estimate of drug-likeness (QED) is 0.418. The van der Waals surface area contributed by atoms with Gasteiger partial charge in [0.15, 0.2) is 8.32 Å². The zero-order chi connectivity index (χ0) is 18.0. The first kappa shape index (κ1) is 20.4. The maximum absolute atomic E-state index is 6.30. The smallest absolute Gasteiger partial charge is 0.192 e. The third-order valence-electron chi connectivity index (χ3n) is 5.47. The van der Waals surface area contributed by atoms with Crippen LogP contribution in [0.25, 0.3) is 0 Å². The maximum Gasteiger partial charge on any atom is 0.192 e. The Labute approximate surface area is 157 Å². The Morgan fingerprint density at radius 3 is 2.46 bits per heavy atom. The van der Waals surface area contributed by atoms with E-state index in [0.29, 0.717) is 6.61 Å². The Balaban J connectivity index is 1.77. The highest BCUT2D eigenvalue weighted by atomic mass is 79.9. The summed E-state index contributed by atoms with van der Waals surface area (Å²) < 4.78 is 19.8. The molecule has 2 rings (SSSR count). The summed E-state index contributed by atoms with van der Waals surface area (Å²) >= 11 is 3.52. The van der Waals surface area contributed by atoms with E-state index in [0.717, 1.165) is 19.3 Å². The molecule has 0 aromatic rings. The van der Waals surface area contributed by atoms with Gasteiger partial charge in [-0.1, -0.05) is 61.9 Å². The fourth-order valence-corrected chi connectivity index (χ4v) is 4.00. The SMILES string of the molecule is CC/C(Br)=C\C=C\[C@H]1C[C@@H]2O[C@@H](CO[Si](C)(C)C(C)(C)C)C[C@@H]2O1. The maximum atomic E-state index is 6.30. The van der Waals surface area contributed by atoms with E-state index in [1.807, 2.05) is 0 Å². The largest absolute Gasteiger partial charge is 0.414 e. The molecule has 2 fully saturated rings. The Morgan fingerprint density at radius 1 is 1.21 bits per heavy atom. The van der Waals surface area contributed by atoms with Crippen LogP contribution in [0.5, 0.6) is 0 Å². The van der Waals surface area contributed by atoms with E-state index in [-0.39, 0.29) is 29.5 Å². The normalized spacial score (nSPS) is 31.9. The molecule has 2 saturated heterocycles. The Kier molecular flexibility index (Phi) is 6.93. The van der Waals surface area contributed by atoms with Crippen LogP contribution in [0.4, 0.5) is 0 Å². The fourth-order valence-electron chi connectivity index (χ4n) is 2.81. The van der Waals surface area contributed by atoms with E-state index in [9.17, 15) is 0 Å². The van der Waals surface area contributed by atoms with Crippen LogP contribution in [0, 0.1) is 0 Å². The summed E-state index contributed by atoms with van der Waals surface area (Å²) in [6.07, 6.45) is 10.1. The van der Waals surface area contributed by atoms with Crippen LogP contribution in [0.2, 0.25) is 18.1 Å². The van der Waals surface area contributed by atoms with Gasteiger partial charge in [-0.3, -0.25) is 0 Å². The van der Waals surface area contributed by atoms with Crippen LogP contribution >= 0.6 is 15.9 Å². The predicted molar refractivity (Wildman–Crippen MR) is 106 cm³/mol. The highest BCUT2D eigenvalue weighted by molar-refractivity contribution is 9.11. The van der Waals surface area contributed by atoms with Crippen LogP contribution in [0.1, 0.15) is 47.0 Å². The first-order valence-corrected chi connectivity index (χ1v) is 12.8. The highest BCUT2D eigenvalue weighted by Crippen LogP contribution is 2.38. The van der Waals surface area contributed by atoms with Crippen molar-refractivity contribution in [3.63, 3.8) is 0 Å². The first-order valence-electron chi connectivity index (χ1n) is 9.10. The lowest BCUT2D eigenvalue weighted by atomic mass is 10.1. The third kappa shape index (κ3) is 5.28. The van der Waals surface area contributed by atoms with Crippen LogP contribution < -0.4 is 0 Å². The van der Waals surface area contributed by atoms with Crippen LogP contribution in [0.15, 0.2) is 22.7 Å². The minimum atomic E-state index is -1.70. The summed E-state index contributed by atoms with van der Waals surface area (Å²) in [4.78, 5) is 0. The molecular formula is C19H33BrO3Si. The lowest BCUT2D eigenvalue weighted by Crippen LogP contribution is -2.42. The minimum Gasteiger partial charge on any atom is -0.414 e. The molecule has 2 aliphatic heterocycles. The zero-order valence-corrected chi connectivity index (χ0v) is 18.6. The second-order valence-electron chi connectivity index (χ2n) is 8.40. The van der Waals surface area contributed by atoms with Crippen molar-refractivity contribution in [2.75, 3.05) is 6.61 Å². The van der Waals surface area contributed by atoms with Crippen molar-refractivity contribution in [1.82, 2.24) is 0 Å². The molecule has 0 saturated carbocycles. The molecule has 138 valence electrons. The summed E-state index contributed by atoms with van der Waals surface area (Å²) in [6, 6.07) is 0. The van der Waals surface area contributed by atoms with E-state index in [4.69, 9.17) is 13.9 Å². The van der Waals surface area contributed by atoms with E-state index in [1.165, 1.54) is 4.48 Å². The third-order valence-corrected chi connectivity index (χ3v) is 10.8. The van der Waals surface area contributed by atoms with Crippen molar-refractivity contribution in [1.29, 1.82) is 0 Å². The molecule has 0 aromatic carbocycles. The molecule has 0 unspecified atom stereocenters. The molecule has 4 atom stereocenters. The average molecular weight is 417 g/mol. The van der Waals surface area contributed by atoms with E-state index in [2.05, 4.69) is 74.9 Å². The van der Waals surface area contributed by atoms with Gasteiger partial charge in [-0.15, -0.1) is 0 Å². The second-order valence-corrected chi connectivity index (χ2v) is 14.2. The molecule has 0 aliphatic carbocycles. The fraction of sp³-hybridized carbons (Fsp3) is 0.789. The molecule has 0 spiro atoms.